The van der Waals surface area contributed by atoms with Gasteiger partial charge in [-0.15, -0.1) is 0 Å². The second-order valence-corrected chi connectivity index (χ2v) is 5.84. The van der Waals surface area contributed by atoms with E-state index in [1.54, 1.807) is 6.92 Å². The molecule has 0 aromatic heterocycles. The number of carbonyl (C=O) groups is 2. The summed E-state index contributed by atoms with van der Waals surface area (Å²) in [5, 5.41) is 11.8. The molecular formula is C12H22BrNO3. The highest BCUT2D eigenvalue weighted by Crippen LogP contribution is 2.28. The lowest BCUT2D eigenvalue weighted by atomic mass is 9.98. The largest absolute Gasteiger partial charge is 0.479 e. The summed E-state index contributed by atoms with van der Waals surface area (Å²) >= 11 is 3.16. The Bertz CT molecular complexity index is 283. The Morgan fingerprint density at radius 3 is 2.18 bits per heavy atom. The molecular weight excluding hydrogens is 286 g/mol. The molecule has 17 heavy (non-hydrogen) atoms. The number of alkyl halides is 1. The highest BCUT2D eigenvalue weighted by Gasteiger charge is 2.41. The van der Waals surface area contributed by atoms with Crippen molar-refractivity contribution in [1.29, 1.82) is 0 Å². The molecule has 0 aliphatic heterocycles. The zero-order valence-electron chi connectivity index (χ0n) is 10.9. The third-order valence-electron chi connectivity index (χ3n) is 3.15. The molecule has 0 aliphatic carbocycles. The first kappa shape index (κ1) is 16.4. The smallest absolute Gasteiger partial charge is 0.340 e. The summed E-state index contributed by atoms with van der Waals surface area (Å²) in [6, 6.07) is 0. The average Bonchev–Trinajstić information content (AvgIpc) is 2.26. The number of carboxylic acids is 1. The lowest BCUT2D eigenvalue weighted by molar-refractivity contribution is -0.144. The van der Waals surface area contributed by atoms with Crippen molar-refractivity contribution in [3.05, 3.63) is 0 Å². The normalized spacial score (nSPS) is 17.9. The van der Waals surface area contributed by atoms with Gasteiger partial charge in [0.2, 0.25) is 5.91 Å². The quantitative estimate of drug-likeness (QED) is 0.561. The van der Waals surface area contributed by atoms with E-state index in [2.05, 4.69) is 21.2 Å². The van der Waals surface area contributed by atoms with Crippen LogP contribution in [0.5, 0.6) is 0 Å². The predicted octanol–water partition coefficient (Wildman–Crippen LogP) is 2.76. The van der Waals surface area contributed by atoms with Gasteiger partial charge >= 0.3 is 5.97 Å². The Morgan fingerprint density at radius 2 is 1.82 bits per heavy atom. The molecule has 3 atom stereocenters. The van der Waals surface area contributed by atoms with Crippen LogP contribution in [0.25, 0.3) is 0 Å². The van der Waals surface area contributed by atoms with Crippen molar-refractivity contribution in [2.75, 3.05) is 0 Å². The van der Waals surface area contributed by atoms with Gasteiger partial charge in [-0.2, -0.15) is 0 Å². The molecule has 0 aliphatic rings. The number of amides is 1. The molecule has 0 bridgehead atoms. The highest BCUT2D eigenvalue weighted by molar-refractivity contribution is 9.10. The lowest BCUT2D eigenvalue weighted by Gasteiger charge is -2.30. The summed E-state index contributed by atoms with van der Waals surface area (Å²) < 4.78 is -1.35. The Kier molecular flexibility index (Phi) is 6.75. The lowest BCUT2D eigenvalue weighted by Crippen LogP contribution is -2.54. The van der Waals surface area contributed by atoms with E-state index in [0.717, 1.165) is 6.42 Å². The van der Waals surface area contributed by atoms with Gasteiger partial charge in [0.15, 0.2) is 4.45 Å². The van der Waals surface area contributed by atoms with Gasteiger partial charge in [-0.05, 0) is 28.3 Å². The minimum Gasteiger partial charge on any atom is -0.479 e. The van der Waals surface area contributed by atoms with Gasteiger partial charge < -0.3 is 10.4 Å². The van der Waals surface area contributed by atoms with E-state index < -0.39 is 10.4 Å². The van der Waals surface area contributed by atoms with Gasteiger partial charge in [0.1, 0.15) is 0 Å². The molecule has 5 heteroatoms. The maximum atomic E-state index is 11.7. The average molecular weight is 308 g/mol. The minimum absolute atomic E-state index is 0.180. The third kappa shape index (κ3) is 4.66. The van der Waals surface area contributed by atoms with Crippen LogP contribution >= 0.6 is 15.9 Å². The molecule has 0 saturated heterocycles. The van der Waals surface area contributed by atoms with Gasteiger partial charge in [-0.1, -0.05) is 34.1 Å². The molecule has 0 fully saturated rings. The summed E-state index contributed by atoms with van der Waals surface area (Å²) in [5.74, 6) is -1.19. The van der Waals surface area contributed by atoms with Crippen molar-refractivity contribution in [1.82, 2.24) is 5.32 Å². The zero-order valence-corrected chi connectivity index (χ0v) is 12.5. The van der Waals surface area contributed by atoms with Crippen LogP contribution in [0.4, 0.5) is 0 Å². The van der Waals surface area contributed by atoms with Crippen LogP contribution in [0.2, 0.25) is 0 Å². The van der Waals surface area contributed by atoms with Gasteiger partial charge in [0, 0.05) is 12.3 Å². The summed E-state index contributed by atoms with van der Waals surface area (Å²) in [6.07, 6.45) is 1.92. The number of hydrogen-bond acceptors (Lipinski definition) is 2. The monoisotopic (exact) mass is 307 g/mol. The molecule has 0 aromatic rings. The molecule has 0 saturated carbocycles. The van der Waals surface area contributed by atoms with E-state index in [9.17, 15) is 14.7 Å². The molecule has 0 spiro atoms. The van der Waals surface area contributed by atoms with Crippen molar-refractivity contribution < 1.29 is 14.7 Å². The van der Waals surface area contributed by atoms with Gasteiger partial charge in [0.25, 0.3) is 0 Å². The molecule has 4 nitrogen and oxygen atoms in total. The van der Waals surface area contributed by atoms with Gasteiger partial charge in [0.05, 0.1) is 0 Å². The highest BCUT2D eigenvalue weighted by atomic mass is 79.9. The number of carboxylic acid groups (broad SMARTS) is 1. The zero-order chi connectivity index (χ0) is 13.6. The molecule has 0 radical (unpaired) electrons. The van der Waals surface area contributed by atoms with E-state index in [1.807, 2.05) is 20.8 Å². The second-order valence-electron chi connectivity index (χ2n) is 4.59. The predicted molar refractivity (Wildman–Crippen MR) is 71.0 cm³/mol. The molecule has 0 heterocycles. The van der Waals surface area contributed by atoms with Crippen molar-refractivity contribution in [3.63, 3.8) is 0 Å². The van der Waals surface area contributed by atoms with Crippen molar-refractivity contribution >= 4 is 27.8 Å². The maximum Gasteiger partial charge on any atom is 0.340 e. The number of aliphatic carboxylic acids is 1. The fourth-order valence-corrected chi connectivity index (χ4v) is 1.93. The van der Waals surface area contributed by atoms with Crippen molar-refractivity contribution in [2.24, 2.45) is 11.8 Å². The molecule has 100 valence electrons. The fourth-order valence-electron chi connectivity index (χ4n) is 1.38. The minimum atomic E-state index is -1.35. The molecule has 1 unspecified atom stereocenters. The van der Waals surface area contributed by atoms with Crippen LogP contribution in [0.3, 0.4) is 0 Å². The van der Waals surface area contributed by atoms with E-state index in [0.29, 0.717) is 12.8 Å². The van der Waals surface area contributed by atoms with E-state index in [-0.39, 0.29) is 17.7 Å². The summed E-state index contributed by atoms with van der Waals surface area (Å²) in [4.78, 5) is 23.0. The van der Waals surface area contributed by atoms with Crippen LogP contribution in [0.15, 0.2) is 0 Å². The van der Waals surface area contributed by atoms with Crippen molar-refractivity contribution in [2.45, 2.75) is 51.4 Å². The maximum absolute atomic E-state index is 11.7. The summed E-state index contributed by atoms with van der Waals surface area (Å²) in [7, 11) is 0. The third-order valence-corrected chi connectivity index (χ3v) is 4.47. The number of halogens is 1. The molecule has 1 amide bonds. The van der Waals surface area contributed by atoms with Gasteiger partial charge in [-0.3, -0.25) is 4.79 Å². The number of carbonyl (C=O) groups excluding carboxylic acids is 1. The van der Waals surface area contributed by atoms with Crippen LogP contribution < -0.4 is 5.32 Å². The SMILES string of the molecule is CCC(C)CC(=O)N[C@@](Br)(C(=O)O)[C@@H](C)CC. The van der Waals surface area contributed by atoms with Gasteiger partial charge in [-0.25, -0.2) is 4.79 Å². The fraction of sp³-hybridized carbons (Fsp3) is 0.833. The Labute approximate surface area is 111 Å². The topological polar surface area (TPSA) is 66.4 Å². The molecule has 2 N–H and O–H groups in total. The Hall–Kier alpha value is -0.580. The standard InChI is InChI=1S/C12H22BrNO3/c1-5-8(3)7-10(15)14-12(13,11(16)17)9(4)6-2/h8-9H,5-7H2,1-4H3,(H,14,15)(H,16,17)/t8?,9-,12+/m0/s1. The molecule has 0 aromatic carbocycles. The Balaban J connectivity index is 4.66. The summed E-state index contributed by atoms with van der Waals surface area (Å²) in [5.41, 5.74) is 0. The van der Waals surface area contributed by atoms with Crippen LogP contribution in [0.1, 0.15) is 47.0 Å². The summed E-state index contributed by atoms with van der Waals surface area (Å²) in [6.45, 7) is 7.67. The van der Waals surface area contributed by atoms with Crippen LogP contribution in [0, 0.1) is 11.8 Å². The number of nitrogens with one attached hydrogen (secondary N) is 1. The Morgan fingerprint density at radius 1 is 1.29 bits per heavy atom. The van der Waals surface area contributed by atoms with Crippen LogP contribution in [-0.4, -0.2) is 21.4 Å². The first-order valence-electron chi connectivity index (χ1n) is 6.01. The number of hydrogen-bond donors (Lipinski definition) is 2. The first-order valence-corrected chi connectivity index (χ1v) is 6.80. The number of rotatable bonds is 7. The van der Waals surface area contributed by atoms with E-state index >= 15 is 0 Å². The van der Waals surface area contributed by atoms with E-state index in [1.165, 1.54) is 0 Å². The first-order chi connectivity index (χ1) is 7.77. The van der Waals surface area contributed by atoms with E-state index in [4.69, 9.17) is 0 Å². The molecule has 0 rings (SSSR count). The second kappa shape index (κ2) is 6.99. The van der Waals surface area contributed by atoms with Crippen molar-refractivity contribution in [3.8, 4) is 0 Å². The van der Waals surface area contributed by atoms with Crippen LogP contribution in [-0.2, 0) is 9.59 Å².